The highest BCUT2D eigenvalue weighted by molar-refractivity contribution is 5.95. The Balaban J connectivity index is 2.36. The number of ether oxygens (including phenoxy) is 1. The zero-order valence-electron chi connectivity index (χ0n) is 10.1. The number of hydrogen-bond donors (Lipinski definition) is 2. The first-order chi connectivity index (χ1) is 8.74. The molecule has 1 aromatic carbocycles. The summed E-state index contributed by atoms with van der Waals surface area (Å²) >= 11 is 0. The van der Waals surface area contributed by atoms with Gasteiger partial charge < -0.3 is 15.5 Å². The standard InChI is InChI=1S/C14H14N2O2/c1-2-18-14(17)13-9-11-6-5-10(4-3-7-15)8-12(11)16-13/h5-6,8-9,16H,2,7,15H2,1H3. The molecule has 3 N–H and O–H groups in total. The quantitative estimate of drug-likeness (QED) is 0.621. The molecule has 0 aliphatic carbocycles. The molecule has 0 fully saturated rings. The summed E-state index contributed by atoms with van der Waals surface area (Å²) in [7, 11) is 0. The maximum atomic E-state index is 11.6. The molecular formula is C14H14N2O2. The van der Waals surface area contributed by atoms with Gasteiger partial charge in [0, 0.05) is 16.5 Å². The Bertz CT molecular complexity index is 632. The van der Waals surface area contributed by atoms with Gasteiger partial charge in [-0.2, -0.15) is 0 Å². The smallest absolute Gasteiger partial charge is 0.354 e. The molecule has 0 aliphatic heterocycles. The Morgan fingerprint density at radius 3 is 3.00 bits per heavy atom. The van der Waals surface area contributed by atoms with Gasteiger partial charge in [0.15, 0.2) is 0 Å². The van der Waals surface area contributed by atoms with Crippen LogP contribution in [0.4, 0.5) is 0 Å². The summed E-state index contributed by atoms with van der Waals surface area (Å²) in [6.45, 7) is 2.47. The molecule has 0 bridgehead atoms. The van der Waals surface area contributed by atoms with Crippen LogP contribution in [0.5, 0.6) is 0 Å². The molecule has 0 amide bonds. The third-order valence-corrected chi connectivity index (χ3v) is 2.45. The molecule has 0 saturated carbocycles. The molecule has 4 nitrogen and oxygen atoms in total. The first kappa shape index (κ1) is 12.2. The van der Waals surface area contributed by atoms with Crippen molar-refractivity contribution >= 4 is 16.9 Å². The summed E-state index contributed by atoms with van der Waals surface area (Å²) in [6, 6.07) is 7.47. The van der Waals surface area contributed by atoms with Crippen LogP contribution < -0.4 is 5.73 Å². The third-order valence-electron chi connectivity index (χ3n) is 2.45. The van der Waals surface area contributed by atoms with E-state index < -0.39 is 0 Å². The maximum absolute atomic E-state index is 11.6. The van der Waals surface area contributed by atoms with Crippen LogP contribution in [0.3, 0.4) is 0 Å². The Hall–Kier alpha value is -2.25. The highest BCUT2D eigenvalue weighted by atomic mass is 16.5. The van der Waals surface area contributed by atoms with E-state index in [1.807, 2.05) is 18.2 Å². The average Bonchev–Trinajstić information content (AvgIpc) is 2.79. The van der Waals surface area contributed by atoms with Gasteiger partial charge in [-0.25, -0.2) is 4.79 Å². The van der Waals surface area contributed by atoms with E-state index in [0.29, 0.717) is 18.8 Å². The highest BCUT2D eigenvalue weighted by Crippen LogP contribution is 2.17. The maximum Gasteiger partial charge on any atom is 0.354 e. The lowest BCUT2D eigenvalue weighted by Crippen LogP contribution is -2.04. The number of carbonyl (C=O) groups is 1. The summed E-state index contributed by atoms with van der Waals surface area (Å²) in [5.41, 5.74) is 7.51. The largest absolute Gasteiger partial charge is 0.461 e. The van der Waals surface area contributed by atoms with Gasteiger partial charge >= 0.3 is 5.97 Å². The number of hydrogen-bond acceptors (Lipinski definition) is 3. The van der Waals surface area contributed by atoms with Gasteiger partial charge in [0.2, 0.25) is 0 Å². The number of aromatic amines is 1. The Kier molecular flexibility index (Phi) is 3.66. The monoisotopic (exact) mass is 242 g/mol. The number of carbonyl (C=O) groups excluding carboxylic acids is 1. The van der Waals surface area contributed by atoms with Gasteiger partial charge in [-0.15, -0.1) is 0 Å². The van der Waals surface area contributed by atoms with E-state index in [0.717, 1.165) is 16.5 Å². The average molecular weight is 242 g/mol. The van der Waals surface area contributed by atoms with Gasteiger partial charge in [-0.3, -0.25) is 0 Å². The second-order valence-corrected chi connectivity index (χ2v) is 3.71. The topological polar surface area (TPSA) is 68.1 Å². The Labute approximate surface area is 105 Å². The number of rotatable bonds is 2. The van der Waals surface area contributed by atoms with E-state index in [9.17, 15) is 4.79 Å². The highest BCUT2D eigenvalue weighted by Gasteiger charge is 2.09. The van der Waals surface area contributed by atoms with Crippen molar-refractivity contribution in [2.45, 2.75) is 6.92 Å². The van der Waals surface area contributed by atoms with Crippen LogP contribution >= 0.6 is 0 Å². The number of benzene rings is 1. The van der Waals surface area contributed by atoms with Crippen molar-refractivity contribution < 1.29 is 9.53 Å². The zero-order valence-corrected chi connectivity index (χ0v) is 10.1. The summed E-state index contributed by atoms with van der Waals surface area (Å²) in [5.74, 6) is 5.40. The van der Waals surface area contributed by atoms with Crippen LogP contribution in [0.25, 0.3) is 10.9 Å². The summed E-state index contributed by atoms with van der Waals surface area (Å²) < 4.78 is 4.94. The van der Waals surface area contributed by atoms with Crippen molar-refractivity contribution in [2.75, 3.05) is 13.2 Å². The minimum atomic E-state index is -0.344. The molecule has 0 atom stereocenters. The van der Waals surface area contributed by atoms with E-state index in [2.05, 4.69) is 16.8 Å². The van der Waals surface area contributed by atoms with Crippen LogP contribution in [0.2, 0.25) is 0 Å². The van der Waals surface area contributed by atoms with Gasteiger partial charge in [0.1, 0.15) is 5.69 Å². The molecule has 1 heterocycles. The van der Waals surface area contributed by atoms with Crippen molar-refractivity contribution in [2.24, 2.45) is 5.73 Å². The van der Waals surface area contributed by atoms with Crippen molar-refractivity contribution in [3.8, 4) is 11.8 Å². The fraction of sp³-hybridized carbons (Fsp3) is 0.214. The molecule has 2 rings (SSSR count). The molecule has 2 aromatic rings. The van der Waals surface area contributed by atoms with Crippen LogP contribution in [0.1, 0.15) is 23.0 Å². The summed E-state index contributed by atoms with van der Waals surface area (Å²) in [6.07, 6.45) is 0. The molecule has 0 unspecified atom stereocenters. The number of H-pyrrole nitrogens is 1. The lowest BCUT2D eigenvalue weighted by Gasteiger charge is -1.96. The fourth-order valence-corrected chi connectivity index (χ4v) is 1.68. The molecule has 0 radical (unpaired) electrons. The van der Waals surface area contributed by atoms with E-state index in [1.54, 1.807) is 13.0 Å². The number of esters is 1. The van der Waals surface area contributed by atoms with E-state index in [4.69, 9.17) is 10.5 Å². The molecule has 0 aliphatic rings. The lowest BCUT2D eigenvalue weighted by atomic mass is 10.1. The SMILES string of the molecule is CCOC(=O)c1cc2ccc(C#CCN)cc2[nH]1. The zero-order chi connectivity index (χ0) is 13.0. The van der Waals surface area contributed by atoms with Crippen molar-refractivity contribution in [3.05, 3.63) is 35.5 Å². The lowest BCUT2D eigenvalue weighted by molar-refractivity contribution is 0.0520. The molecule has 4 heteroatoms. The molecular weight excluding hydrogens is 228 g/mol. The molecule has 0 spiro atoms. The van der Waals surface area contributed by atoms with Gasteiger partial charge in [-0.05, 0) is 25.1 Å². The predicted molar refractivity (Wildman–Crippen MR) is 70.2 cm³/mol. The summed E-state index contributed by atoms with van der Waals surface area (Å²) in [5, 5.41) is 0.955. The minimum absolute atomic E-state index is 0.330. The fourth-order valence-electron chi connectivity index (χ4n) is 1.68. The van der Waals surface area contributed by atoms with Gasteiger partial charge in [0.05, 0.1) is 13.2 Å². The van der Waals surface area contributed by atoms with Crippen LogP contribution in [-0.2, 0) is 4.74 Å². The van der Waals surface area contributed by atoms with E-state index >= 15 is 0 Å². The molecule has 1 aromatic heterocycles. The van der Waals surface area contributed by atoms with E-state index in [-0.39, 0.29) is 5.97 Å². The van der Waals surface area contributed by atoms with Crippen LogP contribution in [-0.4, -0.2) is 24.1 Å². The normalized spacial score (nSPS) is 9.89. The molecule has 92 valence electrons. The minimum Gasteiger partial charge on any atom is -0.461 e. The van der Waals surface area contributed by atoms with Gasteiger partial charge in [-0.1, -0.05) is 17.9 Å². The van der Waals surface area contributed by atoms with Crippen LogP contribution in [0.15, 0.2) is 24.3 Å². The Morgan fingerprint density at radius 1 is 1.44 bits per heavy atom. The van der Waals surface area contributed by atoms with Crippen molar-refractivity contribution in [1.82, 2.24) is 4.98 Å². The second kappa shape index (κ2) is 5.39. The number of aromatic nitrogens is 1. The van der Waals surface area contributed by atoms with Crippen LogP contribution in [0, 0.1) is 11.8 Å². The van der Waals surface area contributed by atoms with Crippen molar-refractivity contribution in [3.63, 3.8) is 0 Å². The first-order valence-electron chi connectivity index (χ1n) is 5.73. The molecule has 18 heavy (non-hydrogen) atoms. The number of fused-ring (bicyclic) bond motifs is 1. The van der Waals surface area contributed by atoms with Crippen molar-refractivity contribution in [1.29, 1.82) is 0 Å². The third kappa shape index (κ3) is 2.53. The van der Waals surface area contributed by atoms with Gasteiger partial charge in [0.25, 0.3) is 0 Å². The van der Waals surface area contributed by atoms with E-state index in [1.165, 1.54) is 0 Å². The predicted octanol–water partition coefficient (Wildman–Crippen LogP) is 1.65. The second-order valence-electron chi connectivity index (χ2n) is 3.71. The first-order valence-corrected chi connectivity index (χ1v) is 5.73. The number of nitrogens with one attached hydrogen (secondary N) is 1. The number of nitrogens with two attached hydrogens (primary N) is 1. The summed E-state index contributed by atoms with van der Waals surface area (Å²) in [4.78, 5) is 14.6. The molecule has 0 saturated heterocycles. The Morgan fingerprint density at radius 2 is 2.28 bits per heavy atom.